The van der Waals surface area contributed by atoms with Crippen LogP contribution >= 0.6 is 0 Å². The first kappa shape index (κ1) is 12.3. The molecule has 0 saturated carbocycles. The molecule has 6 heteroatoms. The quantitative estimate of drug-likeness (QED) is 0.789. The lowest BCUT2D eigenvalue weighted by Gasteiger charge is -2.43. The number of rotatable bonds is 2. The Morgan fingerprint density at radius 1 is 1.26 bits per heavy atom. The first-order valence-electron chi connectivity index (χ1n) is 6.72. The van der Waals surface area contributed by atoms with E-state index < -0.39 is 0 Å². The average molecular weight is 258 g/mol. The van der Waals surface area contributed by atoms with Crippen molar-refractivity contribution in [1.29, 1.82) is 5.26 Å². The molecular weight excluding hydrogens is 240 g/mol. The zero-order valence-electron chi connectivity index (χ0n) is 11.1. The van der Waals surface area contributed by atoms with Crippen molar-refractivity contribution in [1.82, 2.24) is 20.2 Å². The number of piperazine rings is 1. The number of anilines is 1. The van der Waals surface area contributed by atoms with Crippen LogP contribution in [0.5, 0.6) is 0 Å². The largest absolute Gasteiger partial charge is 0.338 e. The van der Waals surface area contributed by atoms with Crippen molar-refractivity contribution in [3.05, 3.63) is 17.5 Å². The molecule has 1 aromatic heterocycles. The van der Waals surface area contributed by atoms with Crippen LogP contribution < -0.4 is 10.2 Å². The lowest BCUT2D eigenvalue weighted by Crippen LogP contribution is -2.61. The summed E-state index contributed by atoms with van der Waals surface area (Å²) in [5, 5.41) is 12.3. The van der Waals surface area contributed by atoms with Gasteiger partial charge in [-0.05, 0) is 13.0 Å². The molecule has 3 heterocycles. The standard InChI is InChI=1S/C13H18N6/c1-10-6-11(7-14)17-13(16-10)19-4-2-18(3-5-19)12-8-15-9-12/h6,12,15H,2-5,8-9H2,1H3. The van der Waals surface area contributed by atoms with E-state index in [1.807, 2.05) is 6.92 Å². The predicted molar refractivity (Wildman–Crippen MR) is 71.9 cm³/mol. The lowest BCUT2D eigenvalue weighted by molar-refractivity contribution is 0.137. The molecule has 1 aromatic rings. The van der Waals surface area contributed by atoms with E-state index in [4.69, 9.17) is 5.26 Å². The Kier molecular flexibility index (Phi) is 3.32. The summed E-state index contributed by atoms with van der Waals surface area (Å²) < 4.78 is 0. The van der Waals surface area contributed by atoms with Crippen molar-refractivity contribution in [2.24, 2.45) is 0 Å². The summed E-state index contributed by atoms with van der Waals surface area (Å²) in [4.78, 5) is 13.4. The number of nitrogens with one attached hydrogen (secondary N) is 1. The van der Waals surface area contributed by atoms with Crippen LogP contribution in [0.1, 0.15) is 11.4 Å². The summed E-state index contributed by atoms with van der Waals surface area (Å²) in [5.41, 5.74) is 1.31. The van der Waals surface area contributed by atoms with Crippen LogP contribution in [0.2, 0.25) is 0 Å². The second-order valence-electron chi connectivity index (χ2n) is 5.14. The van der Waals surface area contributed by atoms with Crippen LogP contribution in [0.4, 0.5) is 5.95 Å². The fraction of sp³-hybridized carbons (Fsp3) is 0.615. The number of aromatic nitrogens is 2. The van der Waals surface area contributed by atoms with Gasteiger partial charge >= 0.3 is 0 Å². The Bertz CT molecular complexity index is 496. The van der Waals surface area contributed by atoms with Crippen molar-refractivity contribution in [2.45, 2.75) is 13.0 Å². The Labute approximate surface area is 113 Å². The van der Waals surface area contributed by atoms with Crippen molar-refractivity contribution < 1.29 is 0 Å². The normalized spacial score (nSPS) is 20.9. The van der Waals surface area contributed by atoms with E-state index in [2.05, 4.69) is 31.2 Å². The van der Waals surface area contributed by atoms with Crippen LogP contribution in [0, 0.1) is 18.3 Å². The maximum Gasteiger partial charge on any atom is 0.226 e. The van der Waals surface area contributed by atoms with Crippen LogP contribution in [-0.2, 0) is 0 Å². The number of hydrogen-bond acceptors (Lipinski definition) is 6. The Balaban J connectivity index is 1.67. The summed E-state index contributed by atoms with van der Waals surface area (Å²) >= 11 is 0. The predicted octanol–water partition coefficient (Wildman–Crippen LogP) is -0.249. The van der Waals surface area contributed by atoms with Gasteiger partial charge in [0, 0.05) is 51.0 Å². The molecule has 6 nitrogen and oxygen atoms in total. The van der Waals surface area contributed by atoms with E-state index in [0.717, 1.165) is 45.0 Å². The van der Waals surface area contributed by atoms with E-state index in [-0.39, 0.29) is 0 Å². The van der Waals surface area contributed by atoms with Crippen LogP contribution in [-0.4, -0.2) is 60.2 Å². The van der Waals surface area contributed by atoms with Gasteiger partial charge in [-0.25, -0.2) is 9.97 Å². The zero-order chi connectivity index (χ0) is 13.2. The second-order valence-corrected chi connectivity index (χ2v) is 5.14. The average Bonchev–Trinajstić information content (AvgIpc) is 2.37. The Morgan fingerprint density at radius 3 is 2.58 bits per heavy atom. The minimum absolute atomic E-state index is 0.452. The fourth-order valence-corrected chi connectivity index (χ4v) is 2.57. The van der Waals surface area contributed by atoms with Crippen molar-refractivity contribution >= 4 is 5.95 Å². The van der Waals surface area contributed by atoms with Gasteiger partial charge < -0.3 is 10.2 Å². The van der Waals surface area contributed by atoms with Crippen molar-refractivity contribution in [3.63, 3.8) is 0 Å². The van der Waals surface area contributed by atoms with Gasteiger partial charge in [0.25, 0.3) is 0 Å². The van der Waals surface area contributed by atoms with Crippen LogP contribution in [0.3, 0.4) is 0 Å². The molecule has 3 rings (SSSR count). The van der Waals surface area contributed by atoms with Gasteiger partial charge in [-0.3, -0.25) is 4.90 Å². The lowest BCUT2D eigenvalue weighted by atomic mass is 10.1. The molecule has 0 radical (unpaired) electrons. The van der Waals surface area contributed by atoms with E-state index in [0.29, 0.717) is 17.7 Å². The van der Waals surface area contributed by atoms with Crippen LogP contribution in [0.25, 0.3) is 0 Å². The van der Waals surface area contributed by atoms with Gasteiger partial charge in [0.15, 0.2) is 0 Å². The summed E-state index contributed by atoms with van der Waals surface area (Å²) in [7, 11) is 0. The highest BCUT2D eigenvalue weighted by atomic mass is 15.3. The summed E-state index contributed by atoms with van der Waals surface area (Å²) in [6.07, 6.45) is 0. The second kappa shape index (κ2) is 5.11. The van der Waals surface area contributed by atoms with Gasteiger partial charge in [0.05, 0.1) is 0 Å². The van der Waals surface area contributed by atoms with Gasteiger partial charge in [-0.2, -0.15) is 5.26 Å². The molecule has 0 atom stereocenters. The molecule has 0 amide bonds. The molecular formula is C13H18N6. The maximum atomic E-state index is 8.97. The minimum Gasteiger partial charge on any atom is -0.338 e. The zero-order valence-corrected chi connectivity index (χ0v) is 11.1. The van der Waals surface area contributed by atoms with Gasteiger partial charge in [-0.1, -0.05) is 0 Å². The first-order valence-corrected chi connectivity index (χ1v) is 6.72. The molecule has 0 spiro atoms. The minimum atomic E-state index is 0.452. The highest BCUT2D eigenvalue weighted by Gasteiger charge is 2.28. The molecule has 2 aliphatic heterocycles. The van der Waals surface area contributed by atoms with E-state index in [1.165, 1.54) is 0 Å². The number of nitriles is 1. The highest BCUT2D eigenvalue weighted by molar-refractivity contribution is 5.36. The molecule has 19 heavy (non-hydrogen) atoms. The molecule has 0 aliphatic carbocycles. The van der Waals surface area contributed by atoms with Crippen molar-refractivity contribution in [2.75, 3.05) is 44.2 Å². The molecule has 2 saturated heterocycles. The number of hydrogen-bond donors (Lipinski definition) is 1. The smallest absolute Gasteiger partial charge is 0.226 e. The first-order chi connectivity index (χ1) is 9.26. The molecule has 2 aliphatic rings. The van der Waals surface area contributed by atoms with E-state index in [9.17, 15) is 0 Å². The third-order valence-electron chi connectivity index (χ3n) is 3.83. The number of aryl methyl sites for hydroxylation is 1. The van der Waals surface area contributed by atoms with Crippen molar-refractivity contribution in [3.8, 4) is 6.07 Å². The summed E-state index contributed by atoms with van der Waals surface area (Å²) in [5.74, 6) is 0.697. The monoisotopic (exact) mass is 258 g/mol. The third kappa shape index (κ3) is 2.53. The maximum absolute atomic E-state index is 8.97. The number of nitrogens with zero attached hydrogens (tertiary/aromatic N) is 5. The molecule has 2 fully saturated rings. The molecule has 100 valence electrons. The van der Waals surface area contributed by atoms with Crippen LogP contribution in [0.15, 0.2) is 6.07 Å². The van der Waals surface area contributed by atoms with E-state index in [1.54, 1.807) is 6.07 Å². The molecule has 0 aromatic carbocycles. The Hall–Kier alpha value is -1.71. The van der Waals surface area contributed by atoms with Gasteiger partial charge in [0.1, 0.15) is 11.8 Å². The summed E-state index contributed by atoms with van der Waals surface area (Å²) in [6, 6.07) is 4.52. The summed E-state index contributed by atoms with van der Waals surface area (Å²) in [6.45, 7) is 8.09. The fourth-order valence-electron chi connectivity index (χ4n) is 2.57. The molecule has 0 bridgehead atoms. The topological polar surface area (TPSA) is 68.1 Å². The van der Waals surface area contributed by atoms with E-state index >= 15 is 0 Å². The third-order valence-corrected chi connectivity index (χ3v) is 3.83. The van der Waals surface area contributed by atoms with Gasteiger partial charge in [0.2, 0.25) is 5.95 Å². The highest BCUT2D eigenvalue weighted by Crippen LogP contribution is 2.15. The molecule has 1 N–H and O–H groups in total. The Morgan fingerprint density at radius 2 is 2.00 bits per heavy atom. The molecule has 0 unspecified atom stereocenters. The SMILES string of the molecule is Cc1cc(C#N)nc(N2CCN(C3CNC3)CC2)n1. The van der Waals surface area contributed by atoms with Gasteiger partial charge in [-0.15, -0.1) is 0 Å².